The molecule has 0 fully saturated rings. The van der Waals surface area contributed by atoms with E-state index in [1.54, 1.807) is 24.3 Å². The maximum absolute atomic E-state index is 13.5. The normalized spacial score (nSPS) is 17.9. The number of nitrogens with one attached hydrogen (secondary N) is 2. The molecule has 0 aliphatic carbocycles. The fourth-order valence-corrected chi connectivity index (χ4v) is 4.61. The predicted molar refractivity (Wildman–Crippen MR) is 117 cm³/mol. The van der Waals surface area contributed by atoms with Crippen molar-refractivity contribution >= 4 is 35.0 Å². The van der Waals surface area contributed by atoms with Crippen LogP contribution in [0.15, 0.2) is 47.6 Å². The molecule has 0 radical (unpaired) electrons. The minimum Gasteiger partial charge on any atom is -0.325 e. The number of benzene rings is 2. The van der Waals surface area contributed by atoms with E-state index in [-0.39, 0.29) is 11.7 Å². The molecule has 156 valence electrons. The lowest BCUT2D eigenvalue weighted by molar-refractivity contribution is -0.116. The number of amides is 1. The molecule has 1 aliphatic rings. The SMILES string of the molecule is CCCc1nnc2n1N[C@H](c1ccc(F)cc1)[C@@H](C(=O)Nc1cc(Cl)ccc1C)S2. The molecule has 0 spiro atoms. The van der Waals surface area contributed by atoms with Gasteiger partial charge in [-0.15, -0.1) is 10.2 Å². The third-order valence-electron chi connectivity index (χ3n) is 4.92. The Hall–Kier alpha value is -2.58. The molecular formula is C21H21ClFN5OS. The fraction of sp³-hybridized carbons (Fsp3) is 0.286. The monoisotopic (exact) mass is 445 g/mol. The maximum Gasteiger partial charge on any atom is 0.240 e. The summed E-state index contributed by atoms with van der Waals surface area (Å²) in [6.45, 7) is 3.97. The van der Waals surface area contributed by atoms with Crippen molar-refractivity contribution in [3.63, 3.8) is 0 Å². The number of anilines is 1. The van der Waals surface area contributed by atoms with Crippen molar-refractivity contribution in [1.82, 2.24) is 14.9 Å². The molecule has 2 aromatic carbocycles. The Morgan fingerprint density at radius 3 is 2.77 bits per heavy atom. The molecular weight excluding hydrogens is 425 g/mol. The van der Waals surface area contributed by atoms with Crippen LogP contribution in [0.2, 0.25) is 5.02 Å². The van der Waals surface area contributed by atoms with Gasteiger partial charge in [-0.25, -0.2) is 9.07 Å². The van der Waals surface area contributed by atoms with Crippen molar-refractivity contribution in [3.8, 4) is 0 Å². The van der Waals surface area contributed by atoms with Gasteiger partial charge < -0.3 is 10.7 Å². The van der Waals surface area contributed by atoms with E-state index < -0.39 is 11.3 Å². The summed E-state index contributed by atoms with van der Waals surface area (Å²) in [5.41, 5.74) is 5.74. The highest BCUT2D eigenvalue weighted by atomic mass is 35.5. The standard InChI is InChI=1S/C21H21ClFN5OS/c1-3-4-17-25-26-21-28(17)27-18(13-6-9-15(23)10-7-13)19(30-21)20(29)24-16-11-14(22)8-5-12(16)2/h5-11,18-19,27H,3-4H2,1-2H3,(H,24,29)/t18-,19+/m1/s1. The van der Waals surface area contributed by atoms with Crippen molar-refractivity contribution < 1.29 is 9.18 Å². The van der Waals surface area contributed by atoms with Crippen molar-refractivity contribution in [2.75, 3.05) is 10.7 Å². The lowest BCUT2D eigenvalue weighted by Crippen LogP contribution is -2.41. The van der Waals surface area contributed by atoms with Gasteiger partial charge in [0.1, 0.15) is 11.1 Å². The number of aromatic nitrogens is 3. The second kappa shape index (κ2) is 8.65. The van der Waals surface area contributed by atoms with E-state index in [0.29, 0.717) is 15.9 Å². The third kappa shape index (κ3) is 4.15. The molecule has 4 rings (SSSR count). The van der Waals surface area contributed by atoms with Crippen LogP contribution >= 0.6 is 23.4 Å². The average molecular weight is 446 g/mol. The lowest BCUT2D eigenvalue weighted by atomic mass is 10.0. The van der Waals surface area contributed by atoms with Crippen LogP contribution in [0.25, 0.3) is 0 Å². The molecule has 9 heteroatoms. The molecule has 6 nitrogen and oxygen atoms in total. The van der Waals surface area contributed by atoms with Gasteiger partial charge in [-0.2, -0.15) is 0 Å². The van der Waals surface area contributed by atoms with Crippen molar-refractivity contribution in [1.29, 1.82) is 0 Å². The number of fused-ring (bicyclic) bond motifs is 1. The molecule has 2 heterocycles. The van der Waals surface area contributed by atoms with Crippen LogP contribution in [0.3, 0.4) is 0 Å². The van der Waals surface area contributed by atoms with E-state index in [1.165, 1.54) is 23.9 Å². The first-order chi connectivity index (χ1) is 14.5. The van der Waals surface area contributed by atoms with Crippen molar-refractivity contribution in [2.24, 2.45) is 0 Å². The number of nitrogens with zero attached hydrogens (tertiary/aromatic N) is 3. The number of hydrogen-bond donors (Lipinski definition) is 2. The molecule has 2 atom stereocenters. The number of carbonyl (C=O) groups is 1. The zero-order valence-corrected chi connectivity index (χ0v) is 18.1. The van der Waals surface area contributed by atoms with Gasteiger partial charge in [0.15, 0.2) is 5.82 Å². The summed E-state index contributed by atoms with van der Waals surface area (Å²) in [6.07, 6.45) is 1.68. The van der Waals surface area contributed by atoms with E-state index >= 15 is 0 Å². The van der Waals surface area contributed by atoms with Crippen LogP contribution in [0.1, 0.15) is 36.3 Å². The van der Waals surface area contributed by atoms with Gasteiger partial charge in [0.2, 0.25) is 11.1 Å². The molecule has 0 saturated carbocycles. The minimum absolute atomic E-state index is 0.196. The first-order valence-electron chi connectivity index (χ1n) is 9.66. The molecule has 1 amide bonds. The highest BCUT2D eigenvalue weighted by Gasteiger charge is 2.38. The summed E-state index contributed by atoms with van der Waals surface area (Å²) >= 11 is 7.44. The van der Waals surface area contributed by atoms with Crippen LogP contribution in [-0.2, 0) is 11.2 Å². The van der Waals surface area contributed by atoms with E-state index in [0.717, 1.165) is 29.8 Å². The largest absolute Gasteiger partial charge is 0.325 e. The van der Waals surface area contributed by atoms with Gasteiger partial charge in [-0.05, 0) is 48.7 Å². The number of aryl methyl sites for hydroxylation is 2. The summed E-state index contributed by atoms with van der Waals surface area (Å²) in [5.74, 6) is 0.282. The van der Waals surface area contributed by atoms with Gasteiger partial charge >= 0.3 is 0 Å². The first-order valence-corrected chi connectivity index (χ1v) is 10.9. The van der Waals surface area contributed by atoms with Crippen molar-refractivity contribution in [3.05, 3.63) is 70.3 Å². The number of halogens is 2. The Morgan fingerprint density at radius 2 is 2.03 bits per heavy atom. The number of rotatable bonds is 5. The molecule has 3 aromatic rings. The van der Waals surface area contributed by atoms with Crippen molar-refractivity contribution in [2.45, 2.75) is 43.1 Å². The zero-order valence-electron chi connectivity index (χ0n) is 16.5. The lowest BCUT2D eigenvalue weighted by Gasteiger charge is -2.33. The number of carbonyl (C=O) groups excluding carboxylic acids is 1. The molecule has 1 aliphatic heterocycles. The quantitative estimate of drug-likeness (QED) is 0.594. The fourth-order valence-electron chi connectivity index (χ4n) is 3.34. The Morgan fingerprint density at radius 1 is 1.27 bits per heavy atom. The average Bonchev–Trinajstić information content (AvgIpc) is 3.12. The summed E-state index contributed by atoms with van der Waals surface area (Å²) < 4.78 is 15.3. The van der Waals surface area contributed by atoms with E-state index in [4.69, 9.17) is 11.6 Å². The van der Waals surface area contributed by atoms with Gasteiger partial charge in [0.25, 0.3) is 0 Å². The summed E-state index contributed by atoms with van der Waals surface area (Å²) in [7, 11) is 0. The molecule has 0 bridgehead atoms. The minimum atomic E-state index is -0.542. The molecule has 30 heavy (non-hydrogen) atoms. The Bertz CT molecular complexity index is 1070. The second-order valence-electron chi connectivity index (χ2n) is 7.13. The van der Waals surface area contributed by atoms with Gasteiger partial charge in [0, 0.05) is 17.1 Å². The summed E-state index contributed by atoms with van der Waals surface area (Å²) in [4.78, 5) is 13.3. The smallest absolute Gasteiger partial charge is 0.240 e. The first kappa shape index (κ1) is 20.7. The highest BCUT2D eigenvalue weighted by molar-refractivity contribution is 8.00. The topological polar surface area (TPSA) is 71.8 Å². The van der Waals surface area contributed by atoms with Gasteiger partial charge in [-0.3, -0.25) is 4.79 Å². The summed E-state index contributed by atoms with van der Waals surface area (Å²) in [6, 6.07) is 11.1. The Balaban J connectivity index is 1.68. The number of thioether (sulfide) groups is 1. The van der Waals surface area contributed by atoms with Crippen LogP contribution in [0.4, 0.5) is 10.1 Å². The van der Waals surface area contributed by atoms with Crippen LogP contribution < -0.4 is 10.7 Å². The van der Waals surface area contributed by atoms with Gasteiger partial charge in [0.05, 0.1) is 6.04 Å². The van der Waals surface area contributed by atoms with Crippen LogP contribution in [0, 0.1) is 12.7 Å². The zero-order chi connectivity index (χ0) is 21.3. The second-order valence-corrected chi connectivity index (χ2v) is 8.67. The van der Waals surface area contributed by atoms with Crippen LogP contribution in [0.5, 0.6) is 0 Å². The Labute approximate surface area is 183 Å². The predicted octanol–water partition coefficient (Wildman–Crippen LogP) is 4.73. The highest BCUT2D eigenvalue weighted by Crippen LogP contribution is 2.38. The van der Waals surface area contributed by atoms with E-state index in [1.807, 2.05) is 17.7 Å². The molecule has 1 aromatic heterocycles. The molecule has 0 saturated heterocycles. The van der Waals surface area contributed by atoms with Gasteiger partial charge in [-0.1, -0.05) is 48.5 Å². The number of hydrogen-bond acceptors (Lipinski definition) is 5. The summed E-state index contributed by atoms with van der Waals surface area (Å²) in [5, 5.41) is 12.1. The van der Waals surface area contributed by atoms with E-state index in [9.17, 15) is 9.18 Å². The Kier molecular flexibility index (Phi) is 5.97. The molecule has 2 N–H and O–H groups in total. The molecule has 0 unspecified atom stereocenters. The van der Waals surface area contributed by atoms with Crippen LogP contribution in [-0.4, -0.2) is 26.0 Å². The third-order valence-corrected chi connectivity index (χ3v) is 6.37. The van der Waals surface area contributed by atoms with E-state index in [2.05, 4.69) is 27.9 Å². The maximum atomic E-state index is 13.5.